The molecule has 0 radical (unpaired) electrons. The molecule has 0 spiro atoms. The fourth-order valence-corrected chi connectivity index (χ4v) is 4.59. The van der Waals surface area contributed by atoms with Crippen LogP contribution in [0.4, 0.5) is 4.79 Å². The number of nitrogens with one attached hydrogen (secondary N) is 1. The summed E-state index contributed by atoms with van der Waals surface area (Å²) in [5, 5.41) is 18.2. The first-order chi connectivity index (χ1) is 16.0. The van der Waals surface area contributed by atoms with Gasteiger partial charge in [-0.1, -0.05) is 0 Å². The van der Waals surface area contributed by atoms with E-state index in [9.17, 15) is 19.5 Å². The van der Waals surface area contributed by atoms with Crippen LogP contribution in [0.25, 0.3) is 10.8 Å². The smallest absolute Gasteiger partial charge is 0.407 e. The van der Waals surface area contributed by atoms with E-state index in [1.54, 1.807) is 45.9 Å². The largest absolute Gasteiger partial charge is 0.444 e. The van der Waals surface area contributed by atoms with Crippen molar-refractivity contribution >= 4 is 22.8 Å². The van der Waals surface area contributed by atoms with E-state index in [4.69, 9.17) is 9.47 Å². The summed E-state index contributed by atoms with van der Waals surface area (Å²) in [5.74, 6) is -0.0510. The fourth-order valence-electron chi connectivity index (χ4n) is 4.59. The molecule has 1 aromatic heterocycles. The normalized spacial score (nSPS) is 20.9. The molecular formula is C24H32N4O6. The Morgan fingerprint density at radius 2 is 1.91 bits per heavy atom. The van der Waals surface area contributed by atoms with Crippen molar-refractivity contribution in [2.45, 2.75) is 70.9 Å². The molecule has 2 bridgehead atoms. The number of hydrogen-bond acceptors (Lipinski definition) is 7. The summed E-state index contributed by atoms with van der Waals surface area (Å²) in [6.07, 6.45) is 0.209. The van der Waals surface area contributed by atoms with Crippen LogP contribution in [0.15, 0.2) is 23.0 Å². The third kappa shape index (κ3) is 5.07. The van der Waals surface area contributed by atoms with Crippen molar-refractivity contribution in [3.8, 4) is 0 Å². The summed E-state index contributed by atoms with van der Waals surface area (Å²) in [7, 11) is 0. The van der Waals surface area contributed by atoms with E-state index in [1.807, 2.05) is 4.90 Å². The van der Waals surface area contributed by atoms with Gasteiger partial charge in [0.25, 0.3) is 11.5 Å². The molecule has 2 aliphatic rings. The average molecular weight is 473 g/mol. The van der Waals surface area contributed by atoms with Gasteiger partial charge in [-0.05, 0) is 58.7 Å². The van der Waals surface area contributed by atoms with Crippen molar-refractivity contribution in [1.29, 1.82) is 0 Å². The summed E-state index contributed by atoms with van der Waals surface area (Å²) in [5.41, 5.74) is 0.0729. The van der Waals surface area contributed by atoms with E-state index < -0.39 is 17.8 Å². The highest BCUT2D eigenvalue weighted by molar-refractivity contribution is 5.99. The zero-order valence-corrected chi connectivity index (χ0v) is 20.0. The Hall–Kier alpha value is -2.98. The van der Waals surface area contributed by atoms with Gasteiger partial charge in [-0.2, -0.15) is 5.10 Å². The van der Waals surface area contributed by atoms with E-state index in [2.05, 4.69) is 10.4 Å². The van der Waals surface area contributed by atoms with Crippen LogP contribution < -0.4 is 10.9 Å². The van der Waals surface area contributed by atoms with Crippen molar-refractivity contribution in [3.05, 3.63) is 39.8 Å². The standard InChI is InChI=1S/C24H32N4O6/c1-14-20-9-15(21(30)28-16-6-7-17(28)13-33-12-16)5-8-19(20)22(31)27(26-14)11-18(29)10-25-23(32)34-24(2,3)4/h5,8-9,16-18,29H,6-7,10-13H2,1-4H3,(H,25,32). The molecular weight excluding hydrogens is 440 g/mol. The molecule has 0 aliphatic carbocycles. The van der Waals surface area contributed by atoms with Gasteiger partial charge in [-0.25, -0.2) is 9.48 Å². The second-order valence-electron chi connectivity index (χ2n) is 10.0. The van der Waals surface area contributed by atoms with E-state index in [1.165, 1.54) is 4.68 Å². The Morgan fingerprint density at radius 1 is 1.24 bits per heavy atom. The third-order valence-corrected chi connectivity index (χ3v) is 6.13. The third-order valence-electron chi connectivity index (χ3n) is 6.13. The predicted octanol–water partition coefficient (Wildman–Crippen LogP) is 1.59. The number of nitrogens with zero attached hydrogens (tertiary/aromatic N) is 3. The van der Waals surface area contributed by atoms with Crippen LogP contribution >= 0.6 is 0 Å². The molecule has 2 fully saturated rings. The van der Waals surface area contributed by atoms with E-state index in [0.717, 1.165) is 12.8 Å². The molecule has 4 rings (SSSR count). The van der Waals surface area contributed by atoms with E-state index in [0.29, 0.717) is 35.2 Å². The molecule has 2 saturated heterocycles. The number of benzene rings is 1. The lowest BCUT2D eigenvalue weighted by Crippen LogP contribution is -2.49. The minimum Gasteiger partial charge on any atom is -0.444 e. The van der Waals surface area contributed by atoms with E-state index >= 15 is 0 Å². The number of carbonyl (C=O) groups is 2. The summed E-state index contributed by atoms with van der Waals surface area (Å²) in [6.45, 7) is 7.94. The SMILES string of the molecule is Cc1nn(CC(O)CNC(=O)OC(C)(C)C)c(=O)c2ccc(C(=O)N3C4CCC3COC4)cc12. The number of hydrogen-bond donors (Lipinski definition) is 2. The first kappa shape index (κ1) is 24.2. The number of carbonyl (C=O) groups excluding carboxylic acids is 2. The number of rotatable bonds is 5. The molecule has 3 heterocycles. The second kappa shape index (κ2) is 9.34. The highest BCUT2D eigenvalue weighted by Crippen LogP contribution is 2.30. The number of alkyl carbamates (subject to hydrolysis) is 1. The quantitative estimate of drug-likeness (QED) is 0.677. The summed E-state index contributed by atoms with van der Waals surface area (Å²) >= 11 is 0. The molecule has 2 amide bonds. The lowest BCUT2D eigenvalue weighted by Gasteiger charge is -2.34. The highest BCUT2D eigenvalue weighted by Gasteiger charge is 2.40. The molecule has 10 heteroatoms. The lowest BCUT2D eigenvalue weighted by atomic mass is 10.1. The summed E-state index contributed by atoms with van der Waals surface area (Å²) < 4.78 is 11.9. The van der Waals surface area contributed by atoms with Gasteiger partial charge in [0.05, 0.1) is 49.0 Å². The van der Waals surface area contributed by atoms with Gasteiger partial charge in [0.1, 0.15) is 5.60 Å². The van der Waals surface area contributed by atoms with Crippen molar-refractivity contribution < 1.29 is 24.2 Å². The van der Waals surface area contributed by atoms with Crippen molar-refractivity contribution in [2.75, 3.05) is 19.8 Å². The van der Waals surface area contributed by atoms with Crippen molar-refractivity contribution in [1.82, 2.24) is 20.0 Å². The number of fused-ring (bicyclic) bond motifs is 3. The summed E-state index contributed by atoms with van der Waals surface area (Å²) in [6, 6.07) is 5.24. The topological polar surface area (TPSA) is 123 Å². The van der Waals surface area contributed by atoms with Gasteiger partial charge in [0.2, 0.25) is 0 Å². The number of morpholine rings is 1. The molecule has 0 saturated carbocycles. The Balaban J connectivity index is 1.49. The van der Waals surface area contributed by atoms with Crippen LogP contribution in [0.2, 0.25) is 0 Å². The number of amides is 2. The molecule has 184 valence electrons. The Bertz CT molecular complexity index is 1140. The molecule has 2 aromatic rings. The molecule has 3 unspecified atom stereocenters. The Kier molecular flexibility index (Phi) is 6.64. The summed E-state index contributed by atoms with van der Waals surface area (Å²) in [4.78, 5) is 39.9. The van der Waals surface area contributed by atoms with Gasteiger partial charge in [0.15, 0.2) is 0 Å². The zero-order valence-electron chi connectivity index (χ0n) is 20.0. The number of aliphatic hydroxyl groups excluding tert-OH is 1. The molecule has 3 atom stereocenters. The number of ether oxygens (including phenoxy) is 2. The van der Waals surface area contributed by atoms with Gasteiger partial charge in [-0.15, -0.1) is 0 Å². The molecule has 2 aliphatic heterocycles. The van der Waals surface area contributed by atoms with Gasteiger partial charge >= 0.3 is 6.09 Å². The molecule has 1 aromatic carbocycles. The number of aryl methyl sites for hydroxylation is 1. The molecule has 10 nitrogen and oxygen atoms in total. The van der Waals surface area contributed by atoms with Crippen molar-refractivity contribution in [3.63, 3.8) is 0 Å². The van der Waals surface area contributed by atoms with Crippen LogP contribution in [-0.4, -0.2) is 75.3 Å². The minimum absolute atomic E-state index is 0.0510. The molecule has 2 N–H and O–H groups in total. The maximum Gasteiger partial charge on any atom is 0.407 e. The highest BCUT2D eigenvalue weighted by atomic mass is 16.6. The van der Waals surface area contributed by atoms with Gasteiger partial charge in [-0.3, -0.25) is 9.59 Å². The Labute approximate surface area is 197 Å². The first-order valence-electron chi connectivity index (χ1n) is 11.6. The Morgan fingerprint density at radius 3 is 2.56 bits per heavy atom. The lowest BCUT2D eigenvalue weighted by molar-refractivity contribution is -0.00715. The monoisotopic (exact) mass is 472 g/mol. The van der Waals surface area contributed by atoms with Crippen LogP contribution in [0.3, 0.4) is 0 Å². The van der Waals surface area contributed by atoms with Crippen LogP contribution in [-0.2, 0) is 16.0 Å². The average Bonchev–Trinajstić information content (AvgIpc) is 3.01. The first-order valence-corrected chi connectivity index (χ1v) is 11.6. The van der Waals surface area contributed by atoms with Crippen LogP contribution in [0.1, 0.15) is 49.7 Å². The minimum atomic E-state index is -1.03. The fraction of sp³-hybridized carbons (Fsp3) is 0.583. The number of aliphatic hydroxyl groups is 1. The zero-order chi connectivity index (χ0) is 24.6. The maximum atomic E-state index is 13.2. The second-order valence-corrected chi connectivity index (χ2v) is 10.0. The van der Waals surface area contributed by atoms with Crippen LogP contribution in [0, 0.1) is 6.92 Å². The molecule has 34 heavy (non-hydrogen) atoms. The van der Waals surface area contributed by atoms with Gasteiger partial charge in [0, 0.05) is 17.5 Å². The maximum absolute atomic E-state index is 13.2. The van der Waals surface area contributed by atoms with Crippen molar-refractivity contribution in [2.24, 2.45) is 0 Å². The van der Waals surface area contributed by atoms with E-state index in [-0.39, 0.29) is 36.6 Å². The number of aromatic nitrogens is 2. The predicted molar refractivity (Wildman–Crippen MR) is 125 cm³/mol. The van der Waals surface area contributed by atoms with Gasteiger partial charge < -0.3 is 24.8 Å². The van der Waals surface area contributed by atoms with Crippen LogP contribution in [0.5, 0.6) is 0 Å².